The monoisotopic (exact) mass is 493 g/mol. The number of alkyl halides is 3. The van der Waals surface area contributed by atoms with E-state index in [1.165, 1.54) is 37.2 Å². The molecule has 0 fully saturated rings. The second-order valence-corrected chi connectivity index (χ2v) is 9.48. The van der Waals surface area contributed by atoms with Gasteiger partial charge in [0, 0.05) is 43.9 Å². The van der Waals surface area contributed by atoms with Crippen molar-refractivity contribution in [1.29, 1.82) is 0 Å². The fourth-order valence-electron chi connectivity index (χ4n) is 2.39. The zero-order chi connectivity index (χ0) is 22.1. The van der Waals surface area contributed by atoms with Crippen molar-refractivity contribution in [2.24, 2.45) is 0 Å². The van der Waals surface area contributed by atoms with Gasteiger partial charge in [0.05, 0.1) is 16.1 Å². The first kappa shape index (κ1) is 23.2. The lowest BCUT2D eigenvalue weighted by Crippen LogP contribution is -2.23. The molecule has 0 unspecified atom stereocenters. The lowest BCUT2D eigenvalue weighted by atomic mass is 10.1. The Morgan fingerprint density at radius 2 is 1.66 bits per heavy atom. The van der Waals surface area contributed by atoms with E-state index in [1.54, 1.807) is 14.1 Å². The van der Waals surface area contributed by atoms with Gasteiger partial charge in [-0.05, 0) is 52.3 Å². The molecule has 0 heterocycles. The minimum absolute atomic E-state index is 0.0987. The topological polar surface area (TPSA) is 69.7 Å². The summed E-state index contributed by atoms with van der Waals surface area (Å²) < 4.78 is 66.3. The van der Waals surface area contributed by atoms with Crippen LogP contribution in [0.15, 0.2) is 45.8 Å². The summed E-state index contributed by atoms with van der Waals surface area (Å²) in [6.07, 6.45) is -4.69. The van der Waals surface area contributed by atoms with Crippen LogP contribution < -0.4 is 10.2 Å². The van der Waals surface area contributed by atoms with Gasteiger partial charge >= 0.3 is 6.18 Å². The molecule has 11 heteroatoms. The molecule has 1 amide bonds. The number of nitrogens with one attached hydrogen (secondary N) is 1. The molecule has 158 valence electrons. The minimum atomic E-state index is -4.69. The normalized spacial score (nSPS) is 12.2. The second-order valence-electron chi connectivity index (χ2n) is 6.51. The van der Waals surface area contributed by atoms with E-state index in [4.69, 9.17) is 0 Å². The van der Waals surface area contributed by atoms with Gasteiger partial charge in [-0.1, -0.05) is 0 Å². The predicted octanol–water partition coefficient (Wildman–Crippen LogP) is 4.04. The first-order valence-electron chi connectivity index (χ1n) is 8.17. The number of anilines is 2. The molecule has 0 saturated carbocycles. The third-order valence-electron chi connectivity index (χ3n) is 4.03. The van der Waals surface area contributed by atoms with Gasteiger partial charge in [0.1, 0.15) is 0 Å². The molecule has 0 bridgehead atoms. The average Bonchev–Trinajstić information content (AvgIpc) is 2.60. The Labute approximate surface area is 175 Å². The molecule has 0 atom stereocenters. The fourth-order valence-corrected chi connectivity index (χ4v) is 4.23. The van der Waals surface area contributed by atoms with E-state index in [-0.39, 0.29) is 14.9 Å². The number of carbonyl (C=O) groups excluding carboxylic acids is 1. The summed E-state index contributed by atoms with van der Waals surface area (Å²) in [5.74, 6) is -0.865. The Bertz CT molecular complexity index is 1040. The molecule has 0 aliphatic carbocycles. The third kappa shape index (κ3) is 5.09. The number of hydrogen-bond donors (Lipinski definition) is 1. The SMILES string of the molecule is CN(C)c1ccc(NC(=O)c2ccc(Br)c(S(=O)(=O)N(C)C)c2)c(C(F)(F)F)c1. The van der Waals surface area contributed by atoms with Crippen molar-refractivity contribution in [3.8, 4) is 0 Å². The van der Waals surface area contributed by atoms with Gasteiger partial charge in [-0.25, -0.2) is 12.7 Å². The van der Waals surface area contributed by atoms with Gasteiger partial charge in [0.2, 0.25) is 10.0 Å². The lowest BCUT2D eigenvalue weighted by Gasteiger charge is -2.19. The molecule has 6 nitrogen and oxygen atoms in total. The van der Waals surface area contributed by atoms with Crippen LogP contribution in [-0.4, -0.2) is 46.8 Å². The first-order chi connectivity index (χ1) is 13.2. The number of rotatable bonds is 5. The number of hydrogen-bond acceptors (Lipinski definition) is 4. The highest BCUT2D eigenvalue weighted by atomic mass is 79.9. The van der Waals surface area contributed by atoms with Crippen LogP contribution in [0.3, 0.4) is 0 Å². The molecule has 0 radical (unpaired) electrons. The highest BCUT2D eigenvalue weighted by molar-refractivity contribution is 9.10. The zero-order valence-electron chi connectivity index (χ0n) is 16.0. The molecule has 29 heavy (non-hydrogen) atoms. The fraction of sp³-hybridized carbons (Fsp3) is 0.278. The van der Waals surface area contributed by atoms with E-state index in [0.717, 1.165) is 22.5 Å². The summed E-state index contributed by atoms with van der Waals surface area (Å²) in [5.41, 5.74) is -1.21. The van der Waals surface area contributed by atoms with Crippen molar-refractivity contribution < 1.29 is 26.4 Å². The average molecular weight is 494 g/mol. The summed E-state index contributed by atoms with van der Waals surface area (Å²) in [6.45, 7) is 0. The molecular formula is C18H19BrF3N3O3S. The van der Waals surface area contributed by atoms with Gasteiger partial charge in [0.15, 0.2) is 0 Å². The third-order valence-corrected chi connectivity index (χ3v) is 6.83. The maximum Gasteiger partial charge on any atom is 0.418 e. The Morgan fingerprint density at radius 3 is 2.17 bits per heavy atom. The molecule has 0 aliphatic heterocycles. The van der Waals surface area contributed by atoms with Gasteiger partial charge in [-0.3, -0.25) is 4.79 Å². The lowest BCUT2D eigenvalue weighted by molar-refractivity contribution is -0.136. The molecule has 0 spiro atoms. The summed E-state index contributed by atoms with van der Waals surface area (Å²) in [4.78, 5) is 13.9. The van der Waals surface area contributed by atoms with Crippen LogP contribution in [0.4, 0.5) is 24.5 Å². The molecule has 2 aromatic carbocycles. The van der Waals surface area contributed by atoms with E-state index in [9.17, 15) is 26.4 Å². The van der Waals surface area contributed by atoms with Crippen molar-refractivity contribution in [2.45, 2.75) is 11.1 Å². The van der Waals surface area contributed by atoms with Crippen LogP contribution in [0.2, 0.25) is 0 Å². The first-order valence-corrected chi connectivity index (χ1v) is 10.4. The number of sulfonamides is 1. The smallest absolute Gasteiger partial charge is 0.378 e. The molecule has 0 aromatic heterocycles. The Morgan fingerprint density at radius 1 is 1.03 bits per heavy atom. The highest BCUT2D eigenvalue weighted by Crippen LogP contribution is 2.37. The summed E-state index contributed by atoms with van der Waals surface area (Å²) >= 11 is 3.12. The van der Waals surface area contributed by atoms with Crippen molar-refractivity contribution in [3.63, 3.8) is 0 Å². The summed E-state index contributed by atoms with van der Waals surface area (Å²) in [5, 5.41) is 2.23. The standard InChI is InChI=1S/C18H19BrF3N3O3S/c1-24(2)12-6-8-15(13(10-12)18(20,21)22)23-17(26)11-5-7-14(19)16(9-11)29(27,28)25(3)4/h5-10H,1-4H3,(H,23,26). The summed E-state index contributed by atoms with van der Waals surface area (Å²) in [7, 11) is 2.00. The summed E-state index contributed by atoms with van der Waals surface area (Å²) in [6, 6.07) is 7.30. The molecule has 2 aromatic rings. The van der Waals surface area contributed by atoms with Crippen molar-refractivity contribution in [2.75, 3.05) is 38.4 Å². The molecule has 0 saturated heterocycles. The van der Waals surface area contributed by atoms with E-state index in [1.807, 2.05) is 0 Å². The van der Waals surface area contributed by atoms with E-state index in [2.05, 4.69) is 21.2 Å². The molecule has 1 N–H and O–H groups in total. The number of halogens is 4. The van der Waals surface area contributed by atoms with Gasteiger partial charge in [-0.15, -0.1) is 0 Å². The van der Waals surface area contributed by atoms with Crippen LogP contribution in [-0.2, 0) is 16.2 Å². The number of carbonyl (C=O) groups is 1. The highest BCUT2D eigenvalue weighted by Gasteiger charge is 2.34. The van der Waals surface area contributed by atoms with Crippen molar-refractivity contribution in [1.82, 2.24) is 4.31 Å². The number of nitrogens with zero attached hydrogens (tertiary/aromatic N) is 2. The molecule has 0 aliphatic rings. The number of amides is 1. The quantitative estimate of drug-likeness (QED) is 0.682. The second kappa shape index (κ2) is 8.33. The largest absolute Gasteiger partial charge is 0.418 e. The van der Waals surface area contributed by atoms with Crippen LogP contribution in [0.25, 0.3) is 0 Å². The van der Waals surface area contributed by atoms with Gasteiger partial charge < -0.3 is 10.2 Å². The Hall–Kier alpha value is -2.11. The van der Waals surface area contributed by atoms with E-state index in [0.29, 0.717) is 5.69 Å². The van der Waals surface area contributed by atoms with Gasteiger partial charge in [-0.2, -0.15) is 13.2 Å². The van der Waals surface area contributed by atoms with Crippen LogP contribution in [0.5, 0.6) is 0 Å². The Kier molecular flexibility index (Phi) is 6.65. The van der Waals surface area contributed by atoms with Gasteiger partial charge in [0.25, 0.3) is 5.91 Å². The maximum absolute atomic E-state index is 13.4. The van der Waals surface area contributed by atoms with Crippen molar-refractivity contribution >= 4 is 43.2 Å². The Balaban J connectivity index is 2.46. The van der Waals surface area contributed by atoms with Crippen LogP contribution in [0.1, 0.15) is 15.9 Å². The minimum Gasteiger partial charge on any atom is -0.378 e. The molecule has 2 rings (SSSR count). The molecular weight excluding hydrogens is 475 g/mol. The van der Waals surface area contributed by atoms with Crippen LogP contribution >= 0.6 is 15.9 Å². The van der Waals surface area contributed by atoms with Crippen LogP contribution in [0, 0.1) is 0 Å². The van der Waals surface area contributed by atoms with Crippen molar-refractivity contribution in [3.05, 3.63) is 52.0 Å². The number of benzene rings is 2. The van der Waals surface area contributed by atoms with E-state index < -0.39 is 33.4 Å². The maximum atomic E-state index is 13.4. The predicted molar refractivity (Wildman–Crippen MR) is 109 cm³/mol. The van der Waals surface area contributed by atoms with E-state index >= 15 is 0 Å². The zero-order valence-corrected chi connectivity index (χ0v) is 18.4.